The fourth-order valence-electron chi connectivity index (χ4n) is 2.09. The molecule has 1 aromatic carbocycles. The molecule has 0 radical (unpaired) electrons. The van der Waals surface area contributed by atoms with E-state index in [1.165, 1.54) is 11.8 Å². The van der Waals surface area contributed by atoms with Crippen molar-refractivity contribution >= 4 is 44.1 Å². The van der Waals surface area contributed by atoms with Crippen LogP contribution in [0.2, 0.25) is 5.02 Å². The molecule has 0 aromatic heterocycles. The molecule has 2 aliphatic rings. The number of sulfone groups is 1. The number of para-hydroxylation sites is 1. The molecule has 1 N–H and O–H groups in total. The minimum Gasteiger partial charge on any atom is -0.334 e. The van der Waals surface area contributed by atoms with Gasteiger partial charge in [-0.15, -0.1) is 0 Å². The number of hydrogen-bond acceptors (Lipinski definition) is 5. The van der Waals surface area contributed by atoms with Crippen LogP contribution in [0.3, 0.4) is 0 Å². The van der Waals surface area contributed by atoms with Crippen LogP contribution >= 0.6 is 23.4 Å². The Morgan fingerprint density at radius 2 is 2.11 bits per heavy atom. The number of amidine groups is 1. The Balaban J connectivity index is 1.76. The smallest absolute Gasteiger partial charge is 0.161 e. The Morgan fingerprint density at radius 1 is 1.33 bits per heavy atom. The second-order valence-electron chi connectivity index (χ2n) is 4.34. The van der Waals surface area contributed by atoms with E-state index in [4.69, 9.17) is 11.6 Å². The number of benzene rings is 1. The van der Waals surface area contributed by atoms with Crippen LogP contribution in [0.15, 0.2) is 29.3 Å². The molecule has 0 spiro atoms. The third-order valence-corrected chi connectivity index (χ3v) is 6.40. The highest BCUT2D eigenvalue weighted by atomic mass is 35.5. The van der Waals surface area contributed by atoms with Crippen LogP contribution in [-0.2, 0) is 9.84 Å². The summed E-state index contributed by atoms with van der Waals surface area (Å²) in [6.45, 7) is 0. The molecule has 96 valence electrons. The third-order valence-electron chi connectivity index (χ3n) is 2.93. The van der Waals surface area contributed by atoms with Crippen LogP contribution in [0, 0.1) is 0 Å². The fraction of sp³-hybridized carbons (Fsp3) is 0.364. The standard InChI is InChI=1S/C11H11ClN2O2S2/c12-7-3-1-2-4-8(7)13-11-14-9-5-18(15,16)6-10(9)17-11/h1-4,9-10H,5-6H2,(H,13,14)/t9-,10+/m0/s1. The van der Waals surface area contributed by atoms with Gasteiger partial charge in [0.2, 0.25) is 0 Å². The lowest BCUT2D eigenvalue weighted by atomic mass is 10.3. The summed E-state index contributed by atoms with van der Waals surface area (Å²) in [4.78, 5) is 4.41. The van der Waals surface area contributed by atoms with Gasteiger partial charge < -0.3 is 5.32 Å². The second kappa shape index (κ2) is 4.43. The first-order valence-electron chi connectivity index (χ1n) is 5.50. The first-order chi connectivity index (χ1) is 8.53. The molecule has 2 aliphatic heterocycles. The number of nitrogens with zero attached hydrogens (tertiary/aromatic N) is 1. The molecule has 2 atom stereocenters. The van der Waals surface area contributed by atoms with Crippen molar-refractivity contribution in [1.29, 1.82) is 0 Å². The molecule has 7 heteroatoms. The van der Waals surface area contributed by atoms with Crippen molar-refractivity contribution in [3.63, 3.8) is 0 Å². The highest BCUT2D eigenvalue weighted by molar-refractivity contribution is 8.15. The highest BCUT2D eigenvalue weighted by Gasteiger charge is 2.42. The Morgan fingerprint density at radius 3 is 2.83 bits per heavy atom. The van der Waals surface area contributed by atoms with E-state index in [0.717, 1.165) is 10.9 Å². The van der Waals surface area contributed by atoms with E-state index < -0.39 is 9.84 Å². The van der Waals surface area contributed by atoms with Gasteiger partial charge in [-0.2, -0.15) is 0 Å². The first kappa shape index (κ1) is 12.3. The van der Waals surface area contributed by atoms with Crippen LogP contribution in [-0.4, -0.2) is 36.4 Å². The summed E-state index contributed by atoms with van der Waals surface area (Å²) in [5, 5.41) is 4.59. The first-order valence-corrected chi connectivity index (χ1v) is 8.58. The number of aliphatic imine (C=N–C) groups is 1. The largest absolute Gasteiger partial charge is 0.334 e. The summed E-state index contributed by atoms with van der Waals surface area (Å²) in [5.41, 5.74) is 0.799. The summed E-state index contributed by atoms with van der Waals surface area (Å²) in [6, 6.07) is 7.31. The molecule has 1 fully saturated rings. The number of nitrogens with one attached hydrogen (secondary N) is 1. The van der Waals surface area contributed by atoms with Crippen molar-refractivity contribution in [2.24, 2.45) is 4.99 Å². The minimum atomic E-state index is -2.89. The van der Waals surface area contributed by atoms with Crippen molar-refractivity contribution in [3.05, 3.63) is 29.3 Å². The highest BCUT2D eigenvalue weighted by Crippen LogP contribution is 2.35. The molecule has 1 saturated heterocycles. The zero-order chi connectivity index (χ0) is 12.8. The van der Waals surface area contributed by atoms with Gasteiger partial charge in [0.15, 0.2) is 15.0 Å². The molecular formula is C11H11ClN2O2S2. The van der Waals surface area contributed by atoms with Crippen molar-refractivity contribution in [3.8, 4) is 0 Å². The van der Waals surface area contributed by atoms with Crippen molar-refractivity contribution in [2.45, 2.75) is 11.3 Å². The maximum Gasteiger partial charge on any atom is 0.161 e. The molecule has 0 saturated carbocycles. The van der Waals surface area contributed by atoms with Crippen LogP contribution in [0.25, 0.3) is 0 Å². The molecule has 0 amide bonds. The lowest BCUT2D eigenvalue weighted by Crippen LogP contribution is -2.13. The average molecular weight is 303 g/mol. The predicted molar refractivity (Wildman–Crippen MR) is 76.3 cm³/mol. The van der Waals surface area contributed by atoms with Crippen molar-refractivity contribution in [2.75, 3.05) is 16.8 Å². The SMILES string of the molecule is O=S1(=O)C[C@@H]2N=C(Nc3ccccc3Cl)S[C@@H]2C1. The molecule has 4 nitrogen and oxygen atoms in total. The molecule has 18 heavy (non-hydrogen) atoms. The van der Waals surface area contributed by atoms with Gasteiger partial charge in [0.1, 0.15) is 0 Å². The van der Waals surface area contributed by atoms with E-state index >= 15 is 0 Å². The van der Waals surface area contributed by atoms with Crippen LogP contribution < -0.4 is 5.32 Å². The van der Waals surface area contributed by atoms with Gasteiger partial charge in [-0.1, -0.05) is 35.5 Å². The Labute approximate surface area is 115 Å². The molecule has 0 bridgehead atoms. The van der Waals surface area contributed by atoms with Crippen molar-refractivity contribution < 1.29 is 8.42 Å². The molecule has 3 rings (SSSR count). The van der Waals surface area contributed by atoms with Gasteiger partial charge in [-0.05, 0) is 12.1 Å². The normalized spacial score (nSPS) is 28.8. The van der Waals surface area contributed by atoms with Crippen molar-refractivity contribution in [1.82, 2.24) is 0 Å². The maximum atomic E-state index is 11.4. The van der Waals surface area contributed by atoms with Gasteiger partial charge in [-0.3, -0.25) is 4.99 Å². The third kappa shape index (κ3) is 2.37. The van der Waals surface area contributed by atoms with Gasteiger partial charge in [-0.25, -0.2) is 8.42 Å². The maximum absolute atomic E-state index is 11.4. The van der Waals surface area contributed by atoms with E-state index in [-0.39, 0.29) is 22.8 Å². The molecule has 2 heterocycles. The van der Waals surface area contributed by atoms with E-state index in [0.29, 0.717) is 5.02 Å². The van der Waals surface area contributed by atoms with E-state index in [2.05, 4.69) is 10.3 Å². The van der Waals surface area contributed by atoms with E-state index in [9.17, 15) is 8.42 Å². The number of rotatable bonds is 1. The van der Waals surface area contributed by atoms with Gasteiger partial charge in [0, 0.05) is 5.25 Å². The van der Waals surface area contributed by atoms with Gasteiger partial charge in [0.05, 0.1) is 28.3 Å². The molecule has 0 unspecified atom stereocenters. The van der Waals surface area contributed by atoms with Crippen LogP contribution in [0.4, 0.5) is 5.69 Å². The fourth-order valence-corrected chi connectivity index (χ4v) is 5.94. The minimum absolute atomic E-state index is 0.0555. The number of hydrogen-bond donors (Lipinski definition) is 1. The predicted octanol–water partition coefficient (Wildman–Crippen LogP) is 2.02. The molecule has 1 aromatic rings. The van der Waals surface area contributed by atoms with Gasteiger partial charge >= 0.3 is 0 Å². The van der Waals surface area contributed by atoms with E-state index in [1.807, 2.05) is 18.2 Å². The number of fused-ring (bicyclic) bond motifs is 1. The second-order valence-corrected chi connectivity index (χ2v) is 8.13. The topological polar surface area (TPSA) is 58.5 Å². The monoisotopic (exact) mass is 302 g/mol. The molecule has 0 aliphatic carbocycles. The Kier molecular flexibility index (Phi) is 3.03. The summed E-state index contributed by atoms with van der Waals surface area (Å²) in [7, 11) is -2.89. The Bertz CT molecular complexity index is 615. The number of anilines is 1. The summed E-state index contributed by atoms with van der Waals surface area (Å²) in [5.74, 6) is 0.387. The lowest BCUT2D eigenvalue weighted by molar-refractivity contribution is 0.601. The summed E-state index contributed by atoms with van der Waals surface area (Å²) >= 11 is 7.53. The van der Waals surface area contributed by atoms with Crippen LogP contribution in [0.1, 0.15) is 0 Å². The lowest BCUT2D eigenvalue weighted by Gasteiger charge is -2.07. The summed E-state index contributed by atoms with van der Waals surface area (Å²) in [6.07, 6.45) is 0. The molecular weight excluding hydrogens is 292 g/mol. The average Bonchev–Trinajstić information content (AvgIpc) is 2.74. The quantitative estimate of drug-likeness (QED) is 0.862. The summed E-state index contributed by atoms with van der Waals surface area (Å²) < 4.78 is 22.9. The Hall–Kier alpha value is -0.720. The van der Waals surface area contributed by atoms with Crippen LogP contribution in [0.5, 0.6) is 0 Å². The van der Waals surface area contributed by atoms with E-state index in [1.54, 1.807) is 6.07 Å². The zero-order valence-electron chi connectivity index (χ0n) is 9.34. The van der Waals surface area contributed by atoms with Gasteiger partial charge in [0.25, 0.3) is 0 Å². The number of halogens is 1. The zero-order valence-corrected chi connectivity index (χ0v) is 11.7. The number of thioether (sulfide) groups is 1.